The second kappa shape index (κ2) is 9.13. The van der Waals surface area contributed by atoms with Crippen molar-refractivity contribution in [2.45, 2.75) is 37.9 Å². The largest absolute Gasteiger partial charge is 0.416 e. The highest BCUT2D eigenvalue weighted by atomic mass is 19.4. The number of anilines is 3. The van der Waals surface area contributed by atoms with Crippen LogP contribution in [0.3, 0.4) is 0 Å². The molecular formula is C23H23F3N4O3. The van der Waals surface area contributed by atoms with Crippen molar-refractivity contribution in [3.63, 3.8) is 0 Å². The molecule has 2 aromatic carbocycles. The van der Waals surface area contributed by atoms with Gasteiger partial charge in [-0.15, -0.1) is 0 Å². The monoisotopic (exact) mass is 460 g/mol. The van der Waals surface area contributed by atoms with Gasteiger partial charge in [0.25, 0.3) is 0 Å². The molecule has 33 heavy (non-hydrogen) atoms. The van der Waals surface area contributed by atoms with Crippen molar-refractivity contribution in [1.29, 1.82) is 0 Å². The second-order valence-corrected chi connectivity index (χ2v) is 8.02. The molecule has 2 aromatic rings. The zero-order valence-corrected chi connectivity index (χ0v) is 17.7. The quantitative estimate of drug-likeness (QED) is 0.719. The number of halogens is 3. The molecule has 0 aromatic heterocycles. The average molecular weight is 460 g/mol. The first kappa shape index (κ1) is 22.6. The minimum absolute atomic E-state index is 0.0834. The van der Waals surface area contributed by atoms with Crippen LogP contribution in [0.15, 0.2) is 48.5 Å². The maximum absolute atomic E-state index is 13.0. The molecule has 2 saturated heterocycles. The zero-order chi connectivity index (χ0) is 23.6. The molecule has 7 nitrogen and oxygen atoms in total. The number of urea groups is 1. The van der Waals surface area contributed by atoms with Crippen LogP contribution in [-0.4, -0.2) is 37.0 Å². The summed E-state index contributed by atoms with van der Waals surface area (Å²) < 4.78 is 38.0. The van der Waals surface area contributed by atoms with Gasteiger partial charge in [0.15, 0.2) is 0 Å². The standard InChI is InChI=1S/C23H23F3N4O3/c24-23(25,26)15-5-7-16(8-6-15)27-22(33)28-19-3-1-14-30(21(19)32)18-11-9-17(10-12-18)29-13-2-4-20(29)31/h5-12,19H,1-4,13-14H2,(H2,27,28,33). The summed E-state index contributed by atoms with van der Waals surface area (Å²) in [4.78, 5) is 40.5. The summed E-state index contributed by atoms with van der Waals surface area (Å²) in [5.74, 6) is -0.186. The molecule has 10 heteroatoms. The van der Waals surface area contributed by atoms with Crippen LogP contribution in [-0.2, 0) is 15.8 Å². The molecule has 0 bridgehead atoms. The molecule has 2 N–H and O–H groups in total. The number of alkyl halides is 3. The van der Waals surface area contributed by atoms with Gasteiger partial charge in [-0.25, -0.2) is 4.79 Å². The molecule has 1 atom stereocenters. The fraction of sp³-hybridized carbons (Fsp3) is 0.348. The Balaban J connectivity index is 1.37. The van der Waals surface area contributed by atoms with E-state index in [-0.39, 0.29) is 17.5 Å². The highest BCUT2D eigenvalue weighted by molar-refractivity contribution is 6.02. The van der Waals surface area contributed by atoms with Crippen molar-refractivity contribution in [2.75, 3.05) is 28.2 Å². The lowest BCUT2D eigenvalue weighted by Crippen LogP contribution is -2.53. The van der Waals surface area contributed by atoms with Crippen LogP contribution < -0.4 is 20.4 Å². The van der Waals surface area contributed by atoms with Crippen LogP contribution in [0.4, 0.5) is 35.0 Å². The first-order valence-electron chi connectivity index (χ1n) is 10.7. The Hall–Kier alpha value is -3.56. The number of nitrogens with zero attached hydrogens (tertiary/aromatic N) is 2. The Morgan fingerprint density at radius 2 is 1.48 bits per heavy atom. The lowest BCUT2D eigenvalue weighted by atomic mass is 10.0. The predicted molar refractivity (Wildman–Crippen MR) is 117 cm³/mol. The lowest BCUT2D eigenvalue weighted by Gasteiger charge is -2.33. The van der Waals surface area contributed by atoms with Crippen LogP contribution in [0.5, 0.6) is 0 Å². The highest BCUT2D eigenvalue weighted by Gasteiger charge is 2.32. The molecule has 2 fully saturated rings. The normalized spacial score (nSPS) is 19.1. The SMILES string of the molecule is O=C(Nc1ccc(C(F)(F)F)cc1)NC1CCCN(c2ccc(N3CCCC3=O)cc2)C1=O. The summed E-state index contributed by atoms with van der Waals surface area (Å²) in [5, 5.41) is 5.07. The summed E-state index contributed by atoms with van der Waals surface area (Å²) >= 11 is 0. The zero-order valence-electron chi connectivity index (χ0n) is 17.7. The molecule has 1 unspecified atom stereocenters. The van der Waals surface area contributed by atoms with Crippen molar-refractivity contribution in [1.82, 2.24) is 5.32 Å². The van der Waals surface area contributed by atoms with Crippen LogP contribution in [0.2, 0.25) is 0 Å². The van der Waals surface area contributed by atoms with E-state index in [4.69, 9.17) is 0 Å². The van der Waals surface area contributed by atoms with Crippen molar-refractivity contribution in [3.05, 3.63) is 54.1 Å². The van der Waals surface area contributed by atoms with Gasteiger partial charge in [-0.05, 0) is 67.8 Å². The summed E-state index contributed by atoms with van der Waals surface area (Å²) in [7, 11) is 0. The van der Waals surface area contributed by atoms with E-state index in [0.717, 1.165) is 36.4 Å². The first-order valence-corrected chi connectivity index (χ1v) is 10.7. The van der Waals surface area contributed by atoms with Crippen molar-refractivity contribution < 1.29 is 27.6 Å². The van der Waals surface area contributed by atoms with Gasteiger partial charge in [0.05, 0.1) is 5.56 Å². The molecule has 0 saturated carbocycles. The summed E-state index contributed by atoms with van der Waals surface area (Å²) in [6, 6.07) is 9.82. The van der Waals surface area contributed by atoms with Crippen LogP contribution in [0.1, 0.15) is 31.2 Å². The lowest BCUT2D eigenvalue weighted by molar-refractivity contribution is -0.137. The molecule has 0 aliphatic carbocycles. The number of piperidine rings is 1. The molecule has 0 radical (unpaired) electrons. The topological polar surface area (TPSA) is 81.8 Å². The van der Waals surface area contributed by atoms with E-state index in [1.807, 2.05) is 0 Å². The van der Waals surface area contributed by atoms with E-state index in [1.54, 1.807) is 34.1 Å². The third kappa shape index (κ3) is 5.10. The van der Waals surface area contributed by atoms with Crippen molar-refractivity contribution >= 4 is 34.9 Å². The molecular weight excluding hydrogens is 437 g/mol. The first-order chi connectivity index (χ1) is 15.7. The third-order valence-corrected chi connectivity index (χ3v) is 5.76. The second-order valence-electron chi connectivity index (χ2n) is 8.02. The molecule has 174 valence electrons. The number of rotatable bonds is 4. The number of benzene rings is 2. The number of hydrogen-bond acceptors (Lipinski definition) is 3. The molecule has 2 aliphatic rings. The third-order valence-electron chi connectivity index (χ3n) is 5.76. The number of amides is 4. The fourth-order valence-electron chi connectivity index (χ4n) is 4.07. The molecule has 4 rings (SSSR count). The van der Waals surface area contributed by atoms with E-state index in [1.165, 1.54) is 0 Å². The van der Waals surface area contributed by atoms with Gasteiger partial charge in [0.2, 0.25) is 11.8 Å². The van der Waals surface area contributed by atoms with E-state index in [9.17, 15) is 27.6 Å². The Bertz CT molecular complexity index is 1040. The Morgan fingerprint density at radius 3 is 2.06 bits per heavy atom. The number of carbonyl (C=O) groups excluding carboxylic acids is 3. The molecule has 0 spiro atoms. The minimum Gasteiger partial charge on any atom is -0.326 e. The van der Waals surface area contributed by atoms with Crippen molar-refractivity contribution in [3.8, 4) is 0 Å². The van der Waals surface area contributed by atoms with Crippen LogP contribution in [0.25, 0.3) is 0 Å². The number of hydrogen-bond donors (Lipinski definition) is 2. The van der Waals surface area contributed by atoms with E-state index in [2.05, 4.69) is 10.6 Å². The fourth-order valence-corrected chi connectivity index (χ4v) is 4.07. The van der Waals surface area contributed by atoms with Gasteiger partial charge >= 0.3 is 12.2 Å². The molecule has 2 aliphatic heterocycles. The number of carbonyl (C=O) groups is 3. The van der Waals surface area contributed by atoms with Crippen LogP contribution in [0, 0.1) is 0 Å². The summed E-state index contributed by atoms with van der Waals surface area (Å²) in [6.45, 7) is 1.18. The maximum atomic E-state index is 13.0. The van der Waals surface area contributed by atoms with Gasteiger partial charge in [-0.1, -0.05) is 0 Å². The van der Waals surface area contributed by atoms with Gasteiger partial charge in [-0.2, -0.15) is 13.2 Å². The predicted octanol–water partition coefficient (Wildman–Crippen LogP) is 4.15. The Labute approximate surface area is 188 Å². The summed E-state index contributed by atoms with van der Waals surface area (Å²) in [5.41, 5.74) is 0.834. The van der Waals surface area contributed by atoms with Gasteiger partial charge in [0, 0.05) is 36.6 Å². The Kier molecular flexibility index (Phi) is 6.26. The van der Waals surface area contributed by atoms with Crippen molar-refractivity contribution in [2.24, 2.45) is 0 Å². The van der Waals surface area contributed by atoms with Gasteiger partial charge < -0.3 is 20.4 Å². The van der Waals surface area contributed by atoms with E-state index in [0.29, 0.717) is 38.0 Å². The average Bonchev–Trinajstić information content (AvgIpc) is 3.21. The molecule has 4 amide bonds. The highest BCUT2D eigenvalue weighted by Crippen LogP contribution is 2.30. The summed E-state index contributed by atoms with van der Waals surface area (Å²) in [6.07, 6.45) is -1.97. The Morgan fingerprint density at radius 1 is 0.879 bits per heavy atom. The minimum atomic E-state index is -4.46. The van der Waals surface area contributed by atoms with Gasteiger partial charge in [0.1, 0.15) is 6.04 Å². The van der Waals surface area contributed by atoms with Gasteiger partial charge in [-0.3, -0.25) is 9.59 Å². The van der Waals surface area contributed by atoms with E-state index >= 15 is 0 Å². The molecule has 2 heterocycles. The number of nitrogens with one attached hydrogen (secondary N) is 2. The maximum Gasteiger partial charge on any atom is 0.416 e. The smallest absolute Gasteiger partial charge is 0.326 e. The van der Waals surface area contributed by atoms with Crippen LogP contribution >= 0.6 is 0 Å². The van der Waals surface area contributed by atoms with E-state index < -0.39 is 23.8 Å².